The number of tetrazole rings is 1. The second-order valence-corrected chi connectivity index (χ2v) is 4.51. The van der Waals surface area contributed by atoms with Gasteiger partial charge >= 0.3 is 0 Å². The van der Waals surface area contributed by atoms with Gasteiger partial charge in [0, 0.05) is 19.5 Å². The number of hydrogen-bond acceptors (Lipinski definition) is 6. The summed E-state index contributed by atoms with van der Waals surface area (Å²) in [7, 11) is 5.55. The first-order valence-electron chi connectivity index (χ1n) is 6.08. The second kappa shape index (κ2) is 4.76. The molecule has 1 aromatic carbocycles. The summed E-state index contributed by atoms with van der Waals surface area (Å²) in [6, 6.07) is 7.79. The van der Waals surface area contributed by atoms with Gasteiger partial charge in [0.25, 0.3) is 0 Å². The first-order valence-corrected chi connectivity index (χ1v) is 6.08. The van der Waals surface area contributed by atoms with E-state index in [2.05, 4.69) is 20.4 Å². The van der Waals surface area contributed by atoms with Crippen LogP contribution in [-0.2, 0) is 0 Å². The average Bonchev–Trinajstić information content (AvgIpc) is 2.99. The van der Waals surface area contributed by atoms with Crippen LogP contribution < -0.4 is 9.64 Å². The molecule has 0 bridgehead atoms. The van der Waals surface area contributed by atoms with Crippen molar-refractivity contribution in [3.63, 3.8) is 0 Å². The van der Waals surface area contributed by atoms with Crippen LogP contribution in [0.1, 0.15) is 0 Å². The Morgan fingerprint density at radius 2 is 2.05 bits per heavy atom. The molecule has 0 aliphatic heterocycles. The lowest BCUT2D eigenvalue weighted by molar-refractivity contribution is 0.415. The van der Waals surface area contributed by atoms with E-state index in [0.29, 0.717) is 5.82 Å². The molecule has 0 saturated carbocycles. The molecule has 0 spiro atoms. The molecule has 7 heteroatoms. The Balaban J connectivity index is 2.28. The van der Waals surface area contributed by atoms with Crippen LogP contribution in [0.4, 0.5) is 5.82 Å². The minimum atomic E-state index is 0.618. The smallest absolute Gasteiger partial charge is 0.178 e. The first kappa shape index (κ1) is 12.3. The van der Waals surface area contributed by atoms with Crippen molar-refractivity contribution in [2.75, 3.05) is 26.1 Å². The Morgan fingerprint density at radius 3 is 2.70 bits per heavy atom. The zero-order chi connectivity index (χ0) is 14.1. The van der Waals surface area contributed by atoms with Crippen molar-refractivity contribution in [2.24, 2.45) is 0 Å². The lowest BCUT2D eigenvalue weighted by Gasteiger charge is -2.16. The minimum Gasteiger partial charge on any atom is -0.497 e. The van der Waals surface area contributed by atoms with Crippen LogP contribution >= 0.6 is 0 Å². The molecule has 0 radical (unpaired) electrons. The Bertz CT molecular complexity index is 738. The zero-order valence-corrected chi connectivity index (χ0v) is 11.5. The summed E-state index contributed by atoms with van der Waals surface area (Å²) >= 11 is 0. The average molecular weight is 270 g/mol. The summed E-state index contributed by atoms with van der Waals surface area (Å²) in [5.41, 5.74) is 0. The van der Waals surface area contributed by atoms with E-state index in [1.165, 1.54) is 11.1 Å². The van der Waals surface area contributed by atoms with Crippen LogP contribution in [0.25, 0.3) is 16.6 Å². The van der Waals surface area contributed by atoms with Gasteiger partial charge < -0.3 is 9.64 Å². The van der Waals surface area contributed by atoms with E-state index >= 15 is 0 Å². The molecule has 0 aliphatic rings. The number of rotatable bonds is 3. The third kappa shape index (κ3) is 2.03. The van der Waals surface area contributed by atoms with Gasteiger partial charge in [-0.05, 0) is 34.9 Å². The molecule has 0 N–H and O–H groups in total. The summed E-state index contributed by atoms with van der Waals surface area (Å²) in [4.78, 5) is 7.93. The topological polar surface area (TPSA) is 69.0 Å². The molecule has 0 atom stereocenters. The van der Waals surface area contributed by atoms with E-state index in [1.54, 1.807) is 7.11 Å². The van der Waals surface area contributed by atoms with Crippen LogP contribution in [0.15, 0.2) is 30.6 Å². The number of methoxy groups -OCH3 is 1. The van der Waals surface area contributed by atoms with Gasteiger partial charge in [0.05, 0.1) is 7.11 Å². The van der Waals surface area contributed by atoms with Crippen molar-refractivity contribution in [3.8, 4) is 11.6 Å². The minimum absolute atomic E-state index is 0.618. The maximum atomic E-state index is 5.27. The number of aromatic nitrogens is 5. The van der Waals surface area contributed by atoms with Gasteiger partial charge in [-0.2, -0.15) is 0 Å². The number of pyridine rings is 1. The summed E-state index contributed by atoms with van der Waals surface area (Å²) < 4.78 is 5.27. The predicted molar refractivity (Wildman–Crippen MR) is 75.3 cm³/mol. The van der Waals surface area contributed by atoms with Crippen LogP contribution in [0.2, 0.25) is 0 Å². The fourth-order valence-corrected chi connectivity index (χ4v) is 2.05. The number of ether oxygens (including phenoxy) is 1. The van der Waals surface area contributed by atoms with Crippen molar-refractivity contribution < 1.29 is 4.74 Å². The maximum absolute atomic E-state index is 5.27. The highest BCUT2D eigenvalue weighted by Gasteiger charge is 2.11. The van der Waals surface area contributed by atoms with E-state index in [0.717, 1.165) is 22.3 Å². The Labute approximate surface area is 115 Å². The lowest BCUT2D eigenvalue weighted by Crippen LogP contribution is -2.13. The van der Waals surface area contributed by atoms with Crippen LogP contribution in [-0.4, -0.2) is 46.4 Å². The molecule has 0 amide bonds. The van der Waals surface area contributed by atoms with Gasteiger partial charge in [0.2, 0.25) is 0 Å². The van der Waals surface area contributed by atoms with Crippen molar-refractivity contribution in [1.82, 2.24) is 25.2 Å². The molecular weight excluding hydrogens is 256 g/mol. The standard InChI is InChI=1S/C13H14N6O/c1-18(2)13-11-5-4-10(20-3)6-9(11)7-12(16-13)19-15-8-14-17-19/h4-8H,1-3H3. The molecule has 20 heavy (non-hydrogen) atoms. The van der Waals surface area contributed by atoms with Gasteiger partial charge in [-0.25, -0.2) is 4.98 Å². The van der Waals surface area contributed by atoms with E-state index in [4.69, 9.17) is 4.74 Å². The normalized spacial score (nSPS) is 10.8. The van der Waals surface area contributed by atoms with Crippen LogP contribution in [0.5, 0.6) is 5.75 Å². The van der Waals surface area contributed by atoms with E-state index in [1.807, 2.05) is 43.3 Å². The van der Waals surface area contributed by atoms with Crippen molar-refractivity contribution in [3.05, 3.63) is 30.6 Å². The number of hydrogen-bond donors (Lipinski definition) is 0. The first-order chi connectivity index (χ1) is 9.69. The largest absolute Gasteiger partial charge is 0.497 e. The van der Waals surface area contributed by atoms with Gasteiger partial charge in [-0.3, -0.25) is 0 Å². The summed E-state index contributed by atoms with van der Waals surface area (Å²) in [6.45, 7) is 0. The second-order valence-electron chi connectivity index (χ2n) is 4.51. The van der Waals surface area contributed by atoms with Gasteiger partial charge in [0.1, 0.15) is 11.6 Å². The van der Waals surface area contributed by atoms with Crippen molar-refractivity contribution in [1.29, 1.82) is 0 Å². The molecule has 0 saturated heterocycles. The quantitative estimate of drug-likeness (QED) is 0.714. The number of benzene rings is 1. The molecular formula is C13H14N6O. The summed E-state index contributed by atoms with van der Waals surface area (Å²) in [6.07, 6.45) is 1.38. The Hall–Kier alpha value is -2.70. The third-order valence-electron chi connectivity index (χ3n) is 2.98. The highest BCUT2D eigenvalue weighted by atomic mass is 16.5. The molecule has 3 aromatic rings. The molecule has 3 rings (SSSR count). The van der Waals surface area contributed by atoms with E-state index < -0.39 is 0 Å². The molecule has 2 aromatic heterocycles. The lowest BCUT2D eigenvalue weighted by atomic mass is 10.1. The molecule has 0 aliphatic carbocycles. The fourth-order valence-electron chi connectivity index (χ4n) is 2.05. The SMILES string of the molecule is COc1ccc2c(N(C)C)nc(-n3ncnn3)cc2c1. The van der Waals surface area contributed by atoms with Crippen LogP contribution in [0.3, 0.4) is 0 Å². The van der Waals surface area contributed by atoms with Gasteiger partial charge in [-0.15, -0.1) is 15.0 Å². The third-order valence-corrected chi connectivity index (χ3v) is 2.98. The van der Waals surface area contributed by atoms with E-state index in [-0.39, 0.29) is 0 Å². The van der Waals surface area contributed by atoms with Gasteiger partial charge in [0.15, 0.2) is 12.1 Å². The Kier molecular flexibility index (Phi) is 2.94. The van der Waals surface area contributed by atoms with E-state index in [9.17, 15) is 0 Å². The molecule has 7 nitrogen and oxygen atoms in total. The fraction of sp³-hybridized carbons (Fsp3) is 0.231. The molecule has 0 unspecified atom stereocenters. The number of nitrogens with zero attached hydrogens (tertiary/aromatic N) is 6. The maximum Gasteiger partial charge on any atom is 0.178 e. The highest BCUT2D eigenvalue weighted by molar-refractivity contribution is 5.94. The molecule has 102 valence electrons. The van der Waals surface area contributed by atoms with Gasteiger partial charge in [-0.1, -0.05) is 0 Å². The van der Waals surface area contributed by atoms with Crippen molar-refractivity contribution >= 4 is 16.6 Å². The predicted octanol–water partition coefficient (Wildman–Crippen LogP) is 1.29. The number of fused-ring (bicyclic) bond motifs is 1. The molecule has 2 heterocycles. The van der Waals surface area contributed by atoms with Crippen LogP contribution in [0, 0.1) is 0 Å². The Morgan fingerprint density at radius 1 is 1.20 bits per heavy atom. The zero-order valence-electron chi connectivity index (χ0n) is 11.5. The highest BCUT2D eigenvalue weighted by Crippen LogP contribution is 2.28. The molecule has 0 fully saturated rings. The summed E-state index contributed by atoms with van der Waals surface area (Å²) in [5, 5.41) is 13.7. The number of anilines is 1. The van der Waals surface area contributed by atoms with Crippen molar-refractivity contribution in [2.45, 2.75) is 0 Å². The summed E-state index contributed by atoms with van der Waals surface area (Å²) in [5.74, 6) is 2.26. The monoisotopic (exact) mass is 270 g/mol.